The average Bonchev–Trinajstić information content (AvgIpc) is 2.64. The van der Waals surface area contributed by atoms with Gasteiger partial charge in [0.25, 0.3) is 5.91 Å². The Morgan fingerprint density at radius 2 is 1.72 bits per heavy atom. The summed E-state index contributed by atoms with van der Waals surface area (Å²) in [4.78, 5) is 16.5. The summed E-state index contributed by atoms with van der Waals surface area (Å²) in [5.74, 6) is -0.139. The molecule has 25 heavy (non-hydrogen) atoms. The molecule has 4 nitrogen and oxygen atoms in total. The Morgan fingerprint density at radius 3 is 2.48 bits per heavy atom. The van der Waals surface area contributed by atoms with Crippen LogP contribution in [-0.2, 0) is 6.54 Å². The van der Waals surface area contributed by atoms with E-state index in [4.69, 9.17) is 0 Å². The summed E-state index contributed by atoms with van der Waals surface area (Å²) in [6, 6.07) is 17.8. The van der Waals surface area contributed by atoms with Gasteiger partial charge in [-0.3, -0.25) is 9.78 Å². The molecule has 126 valence electrons. The van der Waals surface area contributed by atoms with Gasteiger partial charge in [-0.1, -0.05) is 36.4 Å². The van der Waals surface area contributed by atoms with Gasteiger partial charge in [-0.25, -0.2) is 0 Å². The third kappa shape index (κ3) is 4.44. The van der Waals surface area contributed by atoms with Crippen molar-refractivity contribution in [3.63, 3.8) is 0 Å². The number of carbonyl (C=O) groups excluding carboxylic acids is 1. The highest BCUT2D eigenvalue weighted by atomic mass is 16.1. The first kappa shape index (κ1) is 16.7. The van der Waals surface area contributed by atoms with Gasteiger partial charge < -0.3 is 10.6 Å². The molecular weight excluding hydrogens is 310 g/mol. The zero-order valence-corrected chi connectivity index (χ0v) is 14.4. The number of benzene rings is 2. The van der Waals surface area contributed by atoms with Gasteiger partial charge in [-0.05, 0) is 48.7 Å². The maximum absolute atomic E-state index is 12.3. The summed E-state index contributed by atoms with van der Waals surface area (Å²) in [5.41, 5.74) is 5.83. The lowest BCUT2D eigenvalue weighted by Gasteiger charge is -2.10. The van der Waals surface area contributed by atoms with Crippen molar-refractivity contribution in [3.8, 4) is 0 Å². The molecule has 0 atom stereocenters. The average molecular weight is 331 g/mol. The smallest absolute Gasteiger partial charge is 0.253 e. The second-order valence-corrected chi connectivity index (χ2v) is 6.05. The lowest BCUT2D eigenvalue weighted by Crippen LogP contribution is -2.22. The van der Waals surface area contributed by atoms with Gasteiger partial charge in [0, 0.05) is 18.4 Å². The number of rotatable bonds is 5. The molecule has 0 spiro atoms. The monoisotopic (exact) mass is 331 g/mol. The van der Waals surface area contributed by atoms with Crippen LogP contribution in [0.1, 0.15) is 27.0 Å². The van der Waals surface area contributed by atoms with E-state index in [0.717, 1.165) is 16.9 Å². The van der Waals surface area contributed by atoms with Crippen LogP contribution in [0, 0.1) is 13.8 Å². The van der Waals surface area contributed by atoms with Crippen molar-refractivity contribution in [1.29, 1.82) is 0 Å². The number of hydrogen-bond acceptors (Lipinski definition) is 3. The van der Waals surface area contributed by atoms with Gasteiger partial charge in [0.2, 0.25) is 0 Å². The molecule has 0 radical (unpaired) electrons. The second-order valence-electron chi connectivity index (χ2n) is 6.05. The number of hydrogen-bond donors (Lipinski definition) is 2. The summed E-state index contributed by atoms with van der Waals surface area (Å²) < 4.78 is 0. The molecular formula is C21H21N3O. The third-order valence-corrected chi connectivity index (χ3v) is 4.09. The van der Waals surface area contributed by atoms with Crippen molar-refractivity contribution in [2.45, 2.75) is 20.4 Å². The zero-order valence-electron chi connectivity index (χ0n) is 14.4. The van der Waals surface area contributed by atoms with Gasteiger partial charge in [0.15, 0.2) is 0 Å². The van der Waals surface area contributed by atoms with E-state index in [1.165, 1.54) is 11.1 Å². The van der Waals surface area contributed by atoms with E-state index in [1.807, 2.05) is 42.5 Å². The van der Waals surface area contributed by atoms with Gasteiger partial charge in [-0.15, -0.1) is 0 Å². The molecule has 0 fully saturated rings. The van der Waals surface area contributed by atoms with Crippen molar-refractivity contribution >= 4 is 17.3 Å². The lowest BCUT2D eigenvalue weighted by molar-refractivity contribution is 0.0950. The molecule has 1 heterocycles. The highest BCUT2D eigenvalue weighted by Crippen LogP contribution is 2.19. The van der Waals surface area contributed by atoms with E-state index in [2.05, 4.69) is 41.6 Å². The topological polar surface area (TPSA) is 54.0 Å². The van der Waals surface area contributed by atoms with Crippen LogP contribution in [0.5, 0.6) is 0 Å². The normalized spacial score (nSPS) is 10.3. The molecule has 1 amide bonds. The zero-order chi connectivity index (χ0) is 17.6. The van der Waals surface area contributed by atoms with Gasteiger partial charge in [-0.2, -0.15) is 0 Å². The van der Waals surface area contributed by atoms with Crippen LogP contribution in [0.2, 0.25) is 0 Å². The highest BCUT2D eigenvalue weighted by Gasteiger charge is 2.07. The molecule has 4 heteroatoms. The second kappa shape index (κ2) is 7.62. The first-order valence-corrected chi connectivity index (χ1v) is 8.23. The van der Waals surface area contributed by atoms with E-state index in [1.54, 1.807) is 12.4 Å². The lowest BCUT2D eigenvalue weighted by atomic mass is 10.1. The quantitative estimate of drug-likeness (QED) is 0.730. The van der Waals surface area contributed by atoms with Crippen LogP contribution in [0.25, 0.3) is 0 Å². The molecule has 0 aliphatic heterocycles. The Balaban J connectivity index is 1.68. The van der Waals surface area contributed by atoms with Crippen LogP contribution in [0.3, 0.4) is 0 Å². The van der Waals surface area contributed by atoms with Crippen LogP contribution in [0.15, 0.2) is 67.0 Å². The number of anilines is 2. The van der Waals surface area contributed by atoms with Crippen molar-refractivity contribution in [2.75, 3.05) is 5.32 Å². The summed E-state index contributed by atoms with van der Waals surface area (Å²) >= 11 is 0. The largest absolute Gasteiger partial charge is 0.354 e. The predicted molar refractivity (Wildman–Crippen MR) is 101 cm³/mol. The number of nitrogens with one attached hydrogen (secondary N) is 2. The maximum Gasteiger partial charge on any atom is 0.253 e. The molecule has 2 N–H and O–H groups in total. The Morgan fingerprint density at radius 1 is 0.920 bits per heavy atom. The summed E-state index contributed by atoms with van der Waals surface area (Å²) in [5, 5.41) is 6.21. The third-order valence-electron chi connectivity index (χ3n) is 4.09. The molecule has 0 saturated heterocycles. The van der Waals surface area contributed by atoms with Gasteiger partial charge >= 0.3 is 0 Å². The SMILES string of the molecule is Cc1ccc(Nc2cncc(C(=O)NCc3ccccc3)c2)cc1C. The number of aromatic nitrogens is 1. The van der Waals surface area contributed by atoms with Crippen molar-refractivity contribution in [1.82, 2.24) is 10.3 Å². The molecule has 3 aromatic rings. The minimum Gasteiger partial charge on any atom is -0.354 e. The number of amides is 1. The van der Waals surface area contributed by atoms with E-state index in [0.29, 0.717) is 12.1 Å². The number of aryl methyl sites for hydroxylation is 2. The summed E-state index contributed by atoms with van der Waals surface area (Å²) in [6.07, 6.45) is 3.29. The van der Waals surface area contributed by atoms with Crippen LogP contribution < -0.4 is 10.6 Å². The van der Waals surface area contributed by atoms with E-state index >= 15 is 0 Å². The Kier molecular flexibility index (Phi) is 5.09. The van der Waals surface area contributed by atoms with Crippen LogP contribution in [-0.4, -0.2) is 10.9 Å². The Bertz CT molecular complexity index is 875. The molecule has 0 bridgehead atoms. The predicted octanol–water partition coefficient (Wildman–Crippen LogP) is 4.37. The fraction of sp³-hybridized carbons (Fsp3) is 0.143. The van der Waals surface area contributed by atoms with Crippen LogP contribution >= 0.6 is 0 Å². The minimum atomic E-state index is -0.139. The molecule has 1 aromatic heterocycles. The maximum atomic E-state index is 12.3. The number of nitrogens with zero attached hydrogens (tertiary/aromatic N) is 1. The van der Waals surface area contributed by atoms with E-state index in [-0.39, 0.29) is 5.91 Å². The Hall–Kier alpha value is -3.14. The highest BCUT2D eigenvalue weighted by molar-refractivity contribution is 5.94. The summed E-state index contributed by atoms with van der Waals surface area (Å²) in [6.45, 7) is 4.65. The molecule has 0 aliphatic carbocycles. The summed E-state index contributed by atoms with van der Waals surface area (Å²) in [7, 11) is 0. The van der Waals surface area contributed by atoms with Crippen molar-refractivity contribution < 1.29 is 4.79 Å². The Labute approximate surface area is 147 Å². The number of pyridine rings is 1. The number of carbonyl (C=O) groups is 1. The van der Waals surface area contributed by atoms with Crippen molar-refractivity contribution in [2.24, 2.45) is 0 Å². The van der Waals surface area contributed by atoms with Crippen LogP contribution in [0.4, 0.5) is 11.4 Å². The molecule has 3 rings (SSSR count). The fourth-order valence-corrected chi connectivity index (χ4v) is 2.50. The fourth-order valence-electron chi connectivity index (χ4n) is 2.50. The molecule has 0 unspecified atom stereocenters. The first-order valence-electron chi connectivity index (χ1n) is 8.23. The van der Waals surface area contributed by atoms with Gasteiger partial charge in [0.05, 0.1) is 17.4 Å². The molecule has 0 saturated carbocycles. The molecule has 2 aromatic carbocycles. The van der Waals surface area contributed by atoms with E-state index < -0.39 is 0 Å². The minimum absolute atomic E-state index is 0.139. The first-order chi connectivity index (χ1) is 12.1. The van der Waals surface area contributed by atoms with E-state index in [9.17, 15) is 4.79 Å². The standard InChI is InChI=1S/C21H21N3O/c1-15-8-9-19(10-16(15)2)24-20-11-18(13-22-14-20)21(25)23-12-17-6-4-3-5-7-17/h3-11,13-14,24H,12H2,1-2H3,(H,23,25). The molecule has 0 aliphatic rings. The van der Waals surface area contributed by atoms with Gasteiger partial charge in [0.1, 0.15) is 0 Å². The van der Waals surface area contributed by atoms with Crippen molar-refractivity contribution in [3.05, 3.63) is 89.2 Å².